The van der Waals surface area contributed by atoms with Crippen molar-refractivity contribution in [3.05, 3.63) is 57.8 Å². The van der Waals surface area contributed by atoms with E-state index in [4.69, 9.17) is 10.00 Å². The average Bonchev–Trinajstić information content (AvgIpc) is 3.04. The summed E-state index contributed by atoms with van der Waals surface area (Å²) in [4.78, 5) is 33.8. The number of rotatable bonds is 3. The minimum atomic E-state index is -0.471. The van der Waals surface area contributed by atoms with Crippen molar-refractivity contribution in [2.75, 3.05) is 39.4 Å². The number of aromatic amines is 1. The number of amides is 1. The van der Waals surface area contributed by atoms with E-state index in [1.165, 1.54) is 0 Å². The van der Waals surface area contributed by atoms with Crippen molar-refractivity contribution >= 4 is 5.91 Å². The molecule has 2 saturated heterocycles. The van der Waals surface area contributed by atoms with Gasteiger partial charge in [-0.3, -0.25) is 19.1 Å². The molecule has 3 atom stereocenters. The summed E-state index contributed by atoms with van der Waals surface area (Å²) in [6.45, 7) is 4.78. The second-order valence-electron chi connectivity index (χ2n) is 8.82. The van der Waals surface area contributed by atoms with Crippen LogP contribution in [-0.4, -0.2) is 64.7 Å². The number of pyridine rings is 1. The van der Waals surface area contributed by atoms with Gasteiger partial charge >= 0.3 is 0 Å². The first-order chi connectivity index (χ1) is 15.1. The van der Waals surface area contributed by atoms with Gasteiger partial charge in [-0.1, -0.05) is 6.07 Å². The Labute approximate surface area is 181 Å². The molecule has 162 valence electrons. The summed E-state index contributed by atoms with van der Waals surface area (Å²) in [6, 6.07) is 8.92. The number of fused-ring (bicyclic) bond motifs is 4. The van der Waals surface area contributed by atoms with Crippen LogP contribution in [-0.2, 0) is 16.1 Å². The number of nitrogens with zero attached hydrogens (tertiary/aromatic N) is 4. The smallest absolute Gasteiger partial charge is 0.251 e. The summed E-state index contributed by atoms with van der Waals surface area (Å²) in [5.41, 5.74) is 2.49. The standard InChI is InChI=1S/C23H27N5O3/c24-11-19-9-16(12-25-19)13-26-14-17-10-18(15-26)22(28-20(17)3-1-4-21(28)29)23(30)27-5-2-7-31-8-6-27/h1,3-4,9,12,17-18,22,25H,2,5-8,10,13-15H2/t17-,18+,22-/m1/s1. The Balaban J connectivity index is 1.46. The predicted molar refractivity (Wildman–Crippen MR) is 113 cm³/mol. The molecule has 5 heterocycles. The SMILES string of the molecule is N#Cc1cc(CN2C[C@H]3C[C@@H](C2)[C@H](C(=O)N2CCCOCC2)n2c3cccc2=O)c[nH]1. The molecule has 8 nitrogen and oxygen atoms in total. The summed E-state index contributed by atoms with van der Waals surface area (Å²) >= 11 is 0. The molecule has 5 rings (SSSR count). The number of piperidine rings is 1. The second kappa shape index (κ2) is 8.33. The fourth-order valence-corrected chi connectivity index (χ4v) is 5.48. The first-order valence-corrected chi connectivity index (χ1v) is 11.0. The zero-order chi connectivity index (χ0) is 21.4. The first kappa shape index (κ1) is 20.0. The Hall–Kier alpha value is -2.89. The maximum Gasteiger partial charge on any atom is 0.251 e. The number of ether oxygens (including phenoxy) is 1. The molecule has 0 aromatic carbocycles. The molecule has 1 N–H and O–H groups in total. The average molecular weight is 422 g/mol. The van der Waals surface area contributed by atoms with Crippen LogP contribution in [0.4, 0.5) is 0 Å². The van der Waals surface area contributed by atoms with Crippen LogP contribution in [0, 0.1) is 17.2 Å². The molecule has 0 spiro atoms. The van der Waals surface area contributed by atoms with Gasteiger partial charge in [-0.25, -0.2) is 0 Å². The van der Waals surface area contributed by atoms with Crippen LogP contribution in [0.5, 0.6) is 0 Å². The summed E-state index contributed by atoms with van der Waals surface area (Å²) in [5, 5.41) is 9.08. The number of carbonyl (C=O) groups is 1. The number of aromatic nitrogens is 2. The topological polar surface area (TPSA) is 94.4 Å². The van der Waals surface area contributed by atoms with Crippen LogP contribution in [0.3, 0.4) is 0 Å². The summed E-state index contributed by atoms with van der Waals surface area (Å²) in [6.07, 6.45) is 3.61. The van der Waals surface area contributed by atoms with Gasteiger partial charge < -0.3 is 14.6 Å². The third-order valence-electron chi connectivity index (χ3n) is 6.78. The zero-order valence-corrected chi connectivity index (χ0v) is 17.5. The predicted octanol–water partition coefficient (Wildman–Crippen LogP) is 1.46. The number of likely N-dealkylation sites (tertiary alicyclic amines) is 1. The maximum absolute atomic E-state index is 13.7. The van der Waals surface area contributed by atoms with Gasteiger partial charge in [0.2, 0.25) is 5.91 Å². The van der Waals surface area contributed by atoms with Crippen molar-refractivity contribution in [1.29, 1.82) is 5.26 Å². The number of nitrogens with one attached hydrogen (secondary N) is 1. The Morgan fingerprint density at radius 3 is 3.00 bits per heavy atom. The van der Waals surface area contributed by atoms with E-state index in [0.717, 1.165) is 43.7 Å². The highest BCUT2D eigenvalue weighted by atomic mass is 16.5. The fourth-order valence-electron chi connectivity index (χ4n) is 5.48. The Bertz CT molecular complexity index is 1060. The molecule has 3 aliphatic rings. The van der Waals surface area contributed by atoms with Crippen LogP contribution in [0.1, 0.15) is 41.8 Å². The molecule has 1 amide bonds. The highest BCUT2D eigenvalue weighted by Crippen LogP contribution is 2.42. The van der Waals surface area contributed by atoms with E-state index in [2.05, 4.69) is 16.0 Å². The van der Waals surface area contributed by atoms with Crippen LogP contribution in [0.2, 0.25) is 0 Å². The van der Waals surface area contributed by atoms with E-state index in [-0.39, 0.29) is 23.3 Å². The van der Waals surface area contributed by atoms with Crippen molar-refractivity contribution in [3.63, 3.8) is 0 Å². The lowest BCUT2D eigenvalue weighted by molar-refractivity contribution is -0.138. The molecule has 3 aliphatic heterocycles. The van der Waals surface area contributed by atoms with E-state index in [0.29, 0.717) is 32.0 Å². The quantitative estimate of drug-likeness (QED) is 0.810. The Morgan fingerprint density at radius 2 is 2.16 bits per heavy atom. The van der Waals surface area contributed by atoms with Crippen molar-refractivity contribution in [2.24, 2.45) is 5.92 Å². The third-order valence-corrected chi connectivity index (χ3v) is 6.78. The Morgan fingerprint density at radius 1 is 1.26 bits per heavy atom. The highest BCUT2D eigenvalue weighted by Gasteiger charge is 2.44. The molecule has 0 saturated carbocycles. The summed E-state index contributed by atoms with van der Waals surface area (Å²) < 4.78 is 7.31. The minimum absolute atomic E-state index is 0.0405. The van der Waals surface area contributed by atoms with Crippen molar-refractivity contribution in [1.82, 2.24) is 19.4 Å². The largest absolute Gasteiger partial charge is 0.380 e. The van der Waals surface area contributed by atoms with Gasteiger partial charge in [-0.15, -0.1) is 0 Å². The number of hydrogen-bond donors (Lipinski definition) is 1. The molecule has 0 unspecified atom stereocenters. The van der Waals surface area contributed by atoms with Gasteiger partial charge in [-0.2, -0.15) is 5.26 Å². The maximum atomic E-state index is 13.7. The van der Waals surface area contributed by atoms with Gasteiger partial charge in [0, 0.05) is 69.1 Å². The lowest BCUT2D eigenvalue weighted by Crippen LogP contribution is -2.54. The molecule has 2 aromatic heterocycles. The summed E-state index contributed by atoms with van der Waals surface area (Å²) in [5.74, 6) is 0.342. The van der Waals surface area contributed by atoms with E-state index >= 15 is 0 Å². The van der Waals surface area contributed by atoms with E-state index < -0.39 is 6.04 Å². The van der Waals surface area contributed by atoms with E-state index in [1.807, 2.05) is 23.2 Å². The van der Waals surface area contributed by atoms with Crippen molar-refractivity contribution in [2.45, 2.75) is 31.3 Å². The molecule has 2 fully saturated rings. The second-order valence-corrected chi connectivity index (χ2v) is 8.82. The number of hydrogen-bond acceptors (Lipinski definition) is 5. The van der Waals surface area contributed by atoms with Crippen molar-refractivity contribution < 1.29 is 9.53 Å². The Kier molecular flexibility index (Phi) is 5.38. The number of carbonyl (C=O) groups excluding carboxylic acids is 1. The number of H-pyrrole nitrogens is 1. The van der Waals surface area contributed by atoms with Crippen molar-refractivity contribution in [3.8, 4) is 6.07 Å². The normalized spacial score (nSPS) is 26.0. The van der Waals surface area contributed by atoms with Gasteiger partial charge in [0.05, 0.1) is 6.61 Å². The molecular weight excluding hydrogens is 394 g/mol. The minimum Gasteiger partial charge on any atom is -0.380 e. The van der Waals surface area contributed by atoms with Crippen LogP contribution in [0.15, 0.2) is 35.3 Å². The molecule has 0 radical (unpaired) electrons. The molecule has 2 bridgehead atoms. The lowest BCUT2D eigenvalue weighted by atomic mass is 9.78. The zero-order valence-electron chi connectivity index (χ0n) is 17.5. The molecule has 31 heavy (non-hydrogen) atoms. The fraction of sp³-hybridized carbons (Fsp3) is 0.522. The van der Waals surface area contributed by atoms with Gasteiger partial charge in [-0.05, 0) is 30.5 Å². The molecule has 0 aliphatic carbocycles. The van der Waals surface area contributed by atoms with Gasteiger partial charge in [0.1, 0.15) is 17.8 Å². The highest BCUT2D eigenvalue weighted by molar-refractivity contribution is 5.81. The summed E-state index contributed by atoms with van der Waals surface area (Å²) in [7, 11) is 0. The molecular formula is C23H27N5O3. The lowest BCUT2D eigenvalue weighted by Gasteiger charge is -2.47. The van der Waals surface area contributed by atoms with Crippen LogP contribution in [0.25, 0.3) is 0 Å². The van der Waals surface area contributed by atoms with Crippen LogP contribution >= 0.6 is 0 Å². The first-order valence-electron chi connectivity index (χ1n) is 11.0. The van der Waals surface area contributed by atoms with Gasteiger partial charge in [0.25, 0.3) is 5.56 Å². The van der Waals surface area contributed by atoms with E-state index in [1.54, 1.807) is 16.7 Å². The monoisotopic (exact) mass is 421 g/mol. The third kappa shape index (κ3) is 3.80. The molecule has 2 aromatic rings. The van der Waals surface area contributed by atoms with E-state index in [9.17, 15) is 9.59 Å². The van der Waals surface area contributed by atoms with Crippen LogP contribution < -0.4 is 5.56 Å². The molecule has 8 heteroatoms. The number of nitriles is 1. The van der Waals surface area contributed by atoms with Gasteiger partial charge in [0.15, 0.2) is 0 Å².